The number of aromatic nitrogens is 4. The first-order valence-electron chi connectivity index (χ1n) is 38.6. The summed E-state index contributed by atoms with van der Waals surface area (Å²) < 4.78 is 244. The summed E-state index contributed by atoms with van der Waals surface area (Å²) in [6.07, 6.45) is 5.19. The van der Waals surface area contributed by atoms with Crippen LogP contribution in [0.4, 0.5) is 0 Å². The van der Waals surface area contributed by atoms with E-state index in [1.54, 1.807) is 59.3 Å². The molecule has 82 heavy (non-hydrogen) atoms. The Morgan fingerprint density at radius 3 is 1.66 bits per heavy atom. The fourth-order valence-corrected chi connectivity index (χ4v) is 10.1. The van der Waals surface area contributed by atoms with Crippen LogP contribution in [0, 0.1) is 13.3 Å². The van der Waals surface area contributed by atoms with Crippen molar-refractivity contribution in [1.82, 2.24) is 14.1 Å². The van der Waals surface area contributed by atoms with E-state index in [1.165, 1.54) is 29.7 Å². The number of rotatable bonds is 11. The Hall–Kier alpha value is -10.4. The number of fused-ring (bicyclic) bond motifs is 4. The number of nitrogens with zero attached hydrogens (tertiary/aromatic N) is 4. The standard InChI is InChI=1S/C77H58N4O/c1-52-21-18-28-56(41-52)60-43-59(55-26-12-7-13-27-55)46-62(47-60)68-33-20-32-67(61-44-57(53-22-8-5-9-23-53)42-58(45-61)54-24-10-6-11-25-54)76(68)80-51-79(72-35-16-17-36-73(72)80)64-29-19-30-65(49-64)82-66-37-38-70-69-31-14-15-34-71(69)81(74(70)50-66)75-48-63(39-40-78-75)77(2,3)4/h5-50H,1-4H3/i5D,6D,7D,8D,9D,10D,11D,12D,13D,18D,21D,22D,23D,24D,25D,26D,27D,28D,41D,42D,43D,44D,45D,46D,47D. The largest absolute Gasteiger partial charge is 0.458 e. The molecule has 3 aromatic heterocycles. The second kappa shape index (κ2) is 20.7. The van der Waals surface area contributed by atoms with Crippen molar-refractivity contribution < 1.29 is 43.6 Å². The van der Waals surface area contributed by atoms with Gasteiger partial charge in [0.05, 0.1) is 67.7 Å². The topological polar surface area (TPSA) is 35.9 Å². The van der Waals surface area contributed by atoms with Gasteiger partial charge in [-0.05, 0) is 169 Å². The number of imidazole rings is 1. The highest BCUT2D eigenvalue weighted by atomic mass is 16.5. The number of ether oxygens (including phenoxy) is 1. The summed E-state index contributed by atoms with van der Waals surface area (Å²) in [5.41, 5.74) is -4.57. The summed E-state index contributed by atoms with van der Waals surface area (Å²) in [5.74, 6) is 1.44. The van der Waals surface area contributed by atoms with Crippen molar-refractivity contribution >= 4 is 32.8 Å². The van der Waals surface area contributed by atoms with Crippen molar-refractivity contribution in [3.05, 3.63) is 296 Å². The highest BCUT2D eigenvalue weighted by Gasteiger charge is 2.23. The lowest BCUT2D eigenvalue weighted by atomic mass is 9.88. The predicted octanol–water partition coefficient (Wildman–Crippen LogP) is 19.6. The molecule has 392 valence electrons. The maximum atomic E-state index is 10.5. The van der Waals surface area contributed by atoms with Crippen LogP contribution in [-0.4, -0.2) is 14.1 Å². The third-order valence-corrected chi connectivity index (χ3v) is 13.9. The number of para-hydroxylation sites is 4. The Balaban J connectivity index is 1.11. The quantitative estimate of drug-likeness (QED) is 0.0956. The zero-order chi connectivity index (χ0) is 77.1. The predicted molar refractivity (Wildman–Crippen MR) is 338 cm³/mol. The van der Waals surface area contributed by atoms with Crippen molar-refractivity contribution in [3.8, 4) is 95.5 Å². The second-order valence-corrected chi connectivity index (χ2v) is 20.2. The summed E-state index contributed by atoms with van der Waals surface area (Å²) in [5, 5.41) is 1.91. The van der Waals surface area contributed by atoms with E-state index in [2.05, 4.69) is 37.7 Å². The van der Waals surface area contributed by atoms with Crippen LogP contribution in [0.1, 0.15) is 66.2 Å². The van der Waals surface area contributed by atoms with Crippen molar-refractivity contribution in [3.63, 3.8) is 0 Å². The van der Waals surface area contributed by atoms with Gasteiger partial charge in [0.15, 0.2) is 0 Å². The van der Waals surface area contributed by atoms with Crippen LogP contribution in [0.15, 0.2) is 279 Å². The highest BCUT2D eigenvalue weighted by Crippen LogP contribution is 2.42. The maximum absolute atomic E-state index is 10.5. The van der Waals surface area contributed by atoms with Gasteiger partial charge < -0.3 is 4.74 Å². The Bertz CT molecular complexity index is 5730. The van der Waals surface area contributed by atoms with Crippen LogP contribution >= 0.6 is 0 Å². The molecule has 0 radical (unpaired) electrons. The second-order valence-electron chi connectivity index (χ2n) is 20.2. The minimum Gasteiger partial charge on any atom is -0.458 e. The van der Waals surface area contributed by atoms with E-state index < -0.39 is 207 Å². The molecule has 0 atom stereocenters. The fraction of sp³-hybridized carbons (Fsp3) is 0.0649. The monoisotopic (exact) mass is 1080 g/mol. The molecule has 14 rings (SSSR count). The molecule has 0 spiro atoms. The highest BCUT2D eigenvalue weighted by molar-refractivity contribution is 6.09. The minimum absolute atomic E-state index is 0.176. The van der Waals surface area contributed by atoms with E-state index in [0.29, 0.717) is 28.5 Å². The first-order chi connectivity index (χ1) is 50.6. The lowest BCUT2D eigenvalue weighted by Gasteiger charge is -2.20. The first kappa shape index (κ1) is 29.7. The van der Waals surface area contributed by atoms with Crippen LogP contribution in [0.5, 0.6) is 11.5 Å². The molecule has 0 fully saturated rings. The Labute approximate surface area is 514 Å². The number of hydrogen-bond donors (Lipinski definition) is 0. The van der Waals surface area contributed by atoms with Crippen molar-refractivity contribution in [2.45, 2.75) is 33.1 Å². The van der Waals surface area contributed by atoms with Gasteiger partial charge in [-0.1, -0.05) is 208 Å². The molecule has 3 heterocycles. The van der Waals surface area contributed by atoms with Gasteiger partial charge >= 0.3 is 0 Å². The Morgan fingerprint density at radius 1 is 0.463 bits per heavy atom. The number of pyridine rings is 1. The molecule has 0 aliphatic heterocycles. The molecular weight excluding hydrogens is 997 g/mol. The van der Waals surface area contributed by atoms with E-state index in [-0.39, 0.29) is 33.3 Å². The van der Waals surface area contributed by atoms with Gasteiger partial charge in [-0.15, -0.1) is 0 Å². The van der Waals surface area contributed by atoms with Crippen molar-refractivity contribution in [1.29, 1.82) is 0 Å². The van der Waals surface area contributed by atoms with E-state index in [0.717, 1.165) is 27.4 Å². The van der Waals surface area contributed by atoms with Gasteiger partial charge in [-0.3, -0.25) is 13.7 Å². The van der Waals surface area contributed by atoms with Gasteiger partial charge in [-0.2, -0.15) is 0 Å². The summed E-state index contributed by atoms with van der Waals surface area (Å²) in [7, 11) is 0. The molecule has 5 nitrogen and oxygen atoms in total. The summed E-state index contributed by atoms with van der Waals surface area (Å²) in [6, 6.07) is 13.6. The third-order valence-electron chi connectivity index (χ3n) is 13.9. The van der Waals surface area contributed by atoms with Crippen LogP contribution in [0.2, 0.25) is 0 Å². The molecule has 0 saturated heterocycles. The lowest BCUT2D eigenvalue weighted by Crippen LogP contribution is -2.31. The molecule has 5 heteroatoms. The van der Waals surface area contributed by atoms with E-state index in [9.17, 15) is 19.2 Å². The normalized spacial score (nSPS) is 15.9. The molecular formula is C77H58N4O. The summed E-state index contributed by atoms with van der Waals surface area (Å²) >= 11 is 0. The number of benzene rings is 11. The average molecular weight is 1080 g/mol. The third kappa shape index (κ3) is 9.42. The van der Waals surface area contributed by atoms with Gasteiger partial charge in [0, 0.05) is 23.0 Å². The fourth-order valence-electron chi connectivity index (χ4n) is 10.1. The first-order valence-corrected chi connectivity index (χ1v) is 26.1. The molecule has 0 bridgehead atoms. The maximum Gasteiger partial charge on any atom is 0.269 e. The molecule has 0 aliphatic carbocycles. The van der Waals surface area contributed by atoms with Crippen LogP contribution in [0.25, 0.3) is 117 Å². The molecule has 11 aromatic carbocycles. The van der Waals surface area contributed by atoms with Crippen molar-refractivity contribution in [2.24, 2.45) is 0 Å². The number of hydrogen-bond acceptors (Lipinski definition) is 2. The molecule has 14 aromatic rings. The molecule has 0 unspecified atom stereocenters. The molecule has 0 saturated carbocycles. The Kier molecular flexibility index (Phi) is 7.51. The van der Waals surface area contributed by atoms with Gasteiger partial charge in [-0.25, -0.2) is 4.98 Å². The lowest BCUT2D eigenvalue weighted by molar-refractivity contribution is -0.571. The van der Waals surface area contributed by atoms with Gasteiger partial charge in [0.2, 0.25) is 0 Å². The molecule has 0 aliphatic rings. The molecule has 0 N–H and O–H groups in total. The van der Waals surface area contributed by atoms with Crippen LogP contribution < -0.4 is 9.30 Å². The Morgan fingerprint density at radius 2 is 1.01 bits per heavy atom. The SMILES string of the molecule is [2H]c1c([2H])c([2H])c(-c2c([2H])c(-c3cccc(-c4c([2H])c(-c5c([2H])c([2H])c([2H])c([2H])c5[2H])c([2H])c(-c5c([2H])c([2H])c([2H])c(C)c5[2H])c4[2H])c3-[n+]3[c-]n(-c4cccc(Oc5ccc6c7ccccc7n(-c7cc(C(C)(C)C)ccn7)c6c5)c4)c4ccccc43)c([2H])c(-c3c([2H])c([2H])c([2H])c([2H])c3[2H])c2[2H])c([2H])c1[2H]. The zero-order valence-corrected chi connectivity index (χ0v) is 44.3. The minimum atomic E-state index is -0.970. The van der Waals surface area contributed by atoms with Crippen molar-refractivity contribution in [2.75, 3.05) is 0 Å². The van der Waals surface area contributed by atoms with E-state index in [4.69, 9.17) is 24.8 Å². The van der Waals surface area contributed by atoms with Crippen LogP contribution in [-0.2, 0) is 5.41 Å². The van der Waals surface area contributed by atoms with Crippen LogP contribution in [0.3, 0.4) is 0 Å². The zero-order valence-electron chi connectivity index (χ0n) is 69.3. The molecule has 0 amide bonds. The van der Waals surface area contributed by atoms with Gasteiger partial charge in [0.1, 0.15) is 17.3 Å². The average Bonchev–Trinajstić information content (AvgIpc) is 1.58. The van der Waals surface area contributed by atoms with Gasteiger partial charge in [0.25, 0.3) is 6.33 Å². The van der Waals surface area contributed by atoms with E-state index in [1.807, 2.05) is 48.5 Å². The smallest absolute Gasteiger partial charge is 0.269 e. The van der Waals surface area contributed by atoms with E-state index >= 15 is 0 Å². The summed E-state index contributed by atoms with van der Waals surface area (Å²) in [4.78, 5) is 4.84. The summed E-state index contributed by atoms with van der Waals surface area (Å²) in [6.45, 7) is 7.68.